The van der Waals surface area contributed by atoms with Gasteiger partial charge in [0, 0.05) is 18.5 Å². The zero-order chi connectivity index (χ0) is 15.2. The lowest BCUT2D eigenvalue weighted by Gasteiger charge is -2.28. The van der Waals surface area contributed by atoms with Crippen molar-refractivity contribution in [1.29, 1.82) is 0 Å². The van der Waals surface area contributed by atoms with Crippen molar-refractivity contribution >= 4 is 0 Å². The number of phenols is 1. The molecule has 2 N–H and O–H groups in total. The molecular weight excluding hydrogens is 274 g/mol. The van der Waals surface area contributed by atoms with Gasteiger partial charge in [0.05, 0.1) is 0 Å². The first-order chi connectivity index (χ1) is 10.8. The highest BCUT2D eigenvalue weighted by atomic mass is 16.5. The Labute approximate surface area is 131 Å². The molecule has 3 rings (SSSR count). The highest BCUT2D eigenvalue weighted by molar-refractivity contribution is 5.32. The normalized spacial score (nSPS) is 19.5. The maximum Gasteiger partial charge on any atom is 0.125 e. The van der Waals surface area contributed by atoms with E-state index in [1.165, 1.54) is 24.8 Å². The molecule has 0 saturated carbocycles. The van der Waals surface area contributed by atoms with E-state index < -0.39 is 0 Å². The van der Waals surface area contributed by atoms with E-state index in [0.717, 1.165) is 13.0 Å². The molecule has 3 heteroatoms. The van der Waals surface area contributed by atoms with E-state index in [1.54, 1.807) is 12.1 Å². The first kappa shape index (κ1) is 14.9. The molecule has 1 aliphatic rings. The number of piperidine rings is 1. The molecule has 1 heterocycles. The van der Waals surface area contributed by atoms with Crippen LogP contribution in [0.25, 0.3) is 0 Å². The summed E-state index contributed by atoms with van der Waals surface area (Å²) in [5, 5.41) is 13.2. The van der Waals surface area contributed by atoms with Crippen LogP contribution in [0.4, 0.5) is 0 Å². The molecule has 22 heavy (non-hydrogen) atoms. The number of nitrogens with one attached hydrogen (secondary N) is 1. The van der Waals surface area contributed by atoms with Crippen molar-refractivity contribution in [3.05, 3.63) is 60.2 Å². The summed E-state index contributed by atoms with van der Waals surface area (Å²) in [6.45, 7) is 1.10. The first-order valence-electron chi connectivity index (χ1n) is 8.05. The van der Waals surface area contributed by atoms with E-state index in [-0.39, 0.29) is 11.9 Å². The quantitative estimate of drug-likeness (QED) is 0.875. The fourth-order valence-corrected chi connectivity index (χ4v) is 3.02. The van der Waals surface area contributed by atoms with E-state index in [9.17, 15) is 5.11 Å². The van der Waals surface area contributed by atoms with Crippen LogP contribution >= 0.6 is 0 Å². The lowest BCUT2D eigenvalue weighted by Crippen LogP contribution is -2.36. The lowest BCUT2D eigenvalue weighted by atomic mass is 9.96. The Morgan fingerprint density at radius 1 is 1.09 bits per heavy atom. The van der Waals surface area contributed by atoms with Gasteiger partial charge in [-0.25, -0.2) is 0 Å². The predicted octanol–water partition coefficient (Wildman–Crippen LogP) is 4.04. The minimum atomic E-state index is -0.00130. The Bertz CT molecular complexity index is 579. The van der Waals surface area contributed by atoms with Crippen molar-refractivity contribution in [2.45, 2.75) is 37.8 Å². The van der Waals surface area contributed by atoms with Crippen LogP contribution in [0.15, 0.2) is 54.6 Å². The third-order valence-electron chi connectivity index (χ3n) is 4.18. The zero-order valence-electron chi connectivity index (χ0n) is 12.7. The molecule has 1 saturated heterocycles. The van der Waals surface area contributed by atoms with Gasteiger partial charge < -0.3 is 15.2 Å². The van der Waals surface area contributed by atoms with Crippen molar-refractivity contribution in [3.63, 3.8) is 0 Å². The average Bonchev–Trinajstić information content (AvgIpc) is 2.56. The van der Waals surface area contributed by atoms with E-state index in [1.807, 2.05) is 30.3 Å². The predicted molar refractivity (Wildman–Crippen MR) is 88.2 cm³/mol. The molecule has 2 unspecified atom stereocenters. The Kier molecular flexibility index (Phi) is 4.96. The Hall–Kier alpha value is -2.00. The van der Waals surface area contributed by atoms with Crippen LogP contribution in [0.3, 0.4) is 0 Å². The van der Waals surface area contributed by atoms with Gasteiger partial charge in [0.1, 0.15) is 17.6 Å². The fourth-order valence-electron chi connectivity index (χ4n) is 3.02. The van der Waals surface area contributed by atoms with Crippen LogP contribution < -0.4 is 10.1 Å². The molecule has 0 radical (unpaired) electrons. The van der Waals surface area contributed by atoms with Gasteiger partial charge in [-0.2, -0.15) is 0 Å². The van der Waals surface area contributed by atoms with E-state index in [4.69, 9.17) is 4.74 Å². The van der Waals surface area contributed by atoms with Crippen LogP contribution in [0, 0.1) is 0 Å². The number of ether oxygens (including phenoxy) is 1. The third-order valence-corrected chi connectivity index (χ3v) is 4.18. The summed E-state index contributed by atoms with van der Waals surface area (Å²) in [4.78, 5) is 0. The molecule has 1 aliphatic heterocycles. The monoisotopic (exact) mass is 297 g/mol. The molecule has 2 atom stereocenters. The lowest BCUT2D eigenvalue weighted by molar-refractivity contribution is 0.168. The summed E-state index contributed by atoms with van der Waals surface area (Å²) >= 11 is 0. The van der Waals surface area contributed by atoms with Crippen molar-refractivity contribution in [2.24, 2.45) is 0 Å². The average molecular weight is 297 g/mol. The summed E-state index contributed by atoms with van der Waals surface area (Å²) in [5.41, 5.74) is 1.18. The molecule has 0 amide bonds. The molecule has 0 aliphatic carbocycles. The van der Waals surface area contributed by atoms with Crippen molar-refractivity contribution < 1.29 is 9.84 Å². The van der Waals surface area contributed by atoms with Gasteiger partial charge in [-0.15, -0.1) is 0 Å². The number of hydrogen-bond acceptors (Lipinski definition) is 3. The SMILES string of the molecule is Oc1cccc(OC(CC2CCCCN2)c2ccccc2)c1. The van der Waals surface area contributed by atoms with E-state index >= 15 is 0 Å². The van der Waals surface area contributed by atoms with E-state index in [2.05, 4.69) is 17.4 Å². The Morgan fingerprint density at radius 2 is 1.95 bits per heavy atom. The number of rotatable bonds is 5. The van der Waals surface area contributed by atoms with Gasteiger partial charge in [-0.05, 0) is 37.1 Å². The molecule has 116 valence electrons. The number of hydrogen-bond donors (Lipinski definition) is 2. The molecule has 2 aromatic rings. The van der Waals surface area contributed by atoms with Gasteiger partial charge in [-0.1, -0.05) is 42.8 Å². The third kappa shape index (κ3) is 4.01. The summed E-state index contributed by atoms with van der Waals surface area (Å²) in [6, 6.07) is 17.9. The van der Waals surface area contributed by atoms with Crippen LogP contribution in [0.1, 0.15) is 37.4 Å². The fraction of sp³-hybridized carbons (Fsp3) is 0.368. The largest absolute Gasteiger partial charge is 0.508 e. The Balaban J connectivity index is 1.76. The van der Waals surface area contributed by atoms with Crippen LogP contribution in [-0.2, 0) is 0 Å². The van der Waals surface area contributed by atoms with Gasteiger partial charge in [0.25, 0.3) is 0 Å². The highest BCUT2D eigenvalue weighted by Gasteiger charge is 2.21. The van der Waals surface area contributed by atoms with Gasteiger partial charge in [-0.3, -0.25) is 0 Å². The highest BCUT2D eigenvalue weighted by Crippen LogP contribution is 2.29. The maximum atomic E-state index is 9.63. The van der Waals surface area contributed by atoms with Crippen LogP contribution in [0.5, 0.6) is 11.5 Å². The second-order valence-corrected chi connectivity index (χ2v) is 5.90. The second kappa shape index (κ2) is 7.32. The minimum absolute atomic E-state index is 0.00130. The van der Waals surface area contributed by atoms with Crippen molar-refractivity contribution in [2.75, 3.05) is 6.54 Å². The van der Waals surface area contributed by atoms with Crippen LogP contribution in [-0.4, -0.2) is 17.7 Å². The smallest absolute Gasteiger partial charge is 0.125 e. The molecule has 2 aromatic carbocycles. The Morgan fingerprint density at radius 3 is 2.68 bits per heavy atom. The topological polar surface area (TPSA) is 41.5 Å². The number of phenolic OH excluding ortho intramolecular Hbond substituents is 1. The van der Waals surface area contributed by atoms with E-state index in [0.29, 0.717) is 11.8 Å². The van der Waals surface area contributed by atoms with Crippen molar-refractivity contribution in [3.8, 4) is 11.5 Å². The first-order valence-corrected chi connectivity index (χ1v) is 8.05. The second-order valence-electron chi connectivity index (χ2n) is 5.90. The van der Waals surface area contributed by atoms with Gasteiger partial charge in [0.2, 0.25) is 0 Å². The summed E-state index contributed by atoms with van der Waals surface area (Å²) in [6.07, 6.45) is 4.69. The molecule has 3 nitrogen and oxygen atoms in total. The summed E-state index contributed by atoms with van der Waals surface area (Å²) < 4.78 is 6.18. The zero-order valence-corrected chi connectivity index (χ0v) is 12.7. The summed E-state index contributed by atoms with van der Waals surface area (Å²) in [5.74, 6) is 0.949. The minimum Gasteiger partial charge on any atom is -0.508 e. The maximum absolute atomic E-state index is 9.63. The molecule has 0 bridgehead atoms. The summed E-state index contributed by atoms with van der Waals surface area (Å²) in [7, 11) is 0. The number of aromatic hydroxyl groups is 1. The molecular formula is C19H23NO2. The molecule has 1 fully saturated rings. The van der Waals surface area contributed by atoms with Crippen molar-refractivity contribution in [1.82, 2.24) is 5.32 Å². The molecule has 0 aromatic heterocycles. The van der Waals surface area contributed by atoms with Crippen LogP contribution in [0.2, 0.25) is 0 Å². The molecule has 0 spiro atoms. The standard InChI is InChI=1S/C19H23NO2/c21-17-10-6-11-18(14-17)22-19(15-7-2-1-3-8-15)13-16-9-4-5-12-20-16/h1-3,6-8,10-11,14,16,19-21H,4-5,9,12-13H2. The van der Waals surface area contributed by atoms with Gasteiger partial charge >= 0.3 is 0 Å². The number of benzene rings is 2. The van der Waals surface area contributed by atoms with Gasteiger partial charge in [0.15, 0.2) is 0 Å².